The van der Waals surface area contributed by atoms with E-state index in [9.17, 15) is 8.42 Å². The third-order valence-corrected chi connectivity index (χ3v) is 6.83. The number of thiocarbonyl (C=S) groups is 1. The lowest BCUT2D eigenvalue weighted by molar-refractivity contribution is 0.409. The fourth-order valence-corrected chi connectivity index (χ4v) is 5.15. The molecule has 0 aromatic carbocycles. The maximum absolute atomic E-state index is 12.3. The van der Waals surface area contributed by atoms with Crippen molar-refractivity contribution in [2.24, 2.45) is 5.73 Å². The van der Waals surface area contributed by atoms with E-state index in [4.69, 9.17) is 18.0 Å². The highest BCUT2D eigenvalue weighted by atomic mass is 32.2. The second-order valence-electron chi connectivity index (χ2n) is 4.09. The van der Waals surface area contributed by atoms with Crippen molar-refractivity contribution in [3.63, 3.8) is 0 Å². The highest BCUT2D eigenvalue weighted by Gasteiger charge is 2.33. The first-order chi connectivity index (χ1) is 7.93. The van der Waals surface area contributed by atoms with Gasteiger partial charge in [0.15, 0.2) is 0 Å². The standard InChI is InChI=1S/C10H14N2O2S3/c1-7-3-2-6-12(7)17(13,14)9-5-4-8(16-9)10(11)15/h4-5,7H,2-3,6H2,1H3,(H2,11,15). The molecular formula is C10H14N2O2S3. The van der Waals surface area contributed by atoms with E-state index in [1.165, 1.54) is 0 Å². The molecular weight excluding hydrogens is 276 g/mol. The smallest absolute Gasteiger partial charge is 0.252 e. The normalized spacial score (nSPS) is 21.8. The van der Waals surface area contributed by atoms with Gasteiger partial charge in [0.05, 0.1) is 4.88 Å². The van der Waals surface area contributed by atoms with Gasteiger partial charge in [0.1, 0.15) is 9.20 Å². The maximum Gasteiger partial charge on any atom is 0.252 e. The molecule has 2 heterocycles. The zero-order valence-electron chi connectivity index (χ0n) is 9.42. The van der Waals surface area contributed by atoms with Crippen LogP contribution in [-0.4, -0.2) is 30.3 Å². The minimum absolute atomic E-state index is 0.0791. The Balaban J connectivity index is 2.34. The van der Waals surface area contributed by atoms with Gasteiger partial charge >= 0.3 is 0 Å². The molecule has 1 fully saturated rings. The minimum Gasteiger partial charge on any atom is -0.389 e. The van der Waals surface area contributed by atoms with E-state index in [2.05, 4.69) is 0 Å². The van der Waals surface area contributed by atoms with Crippen molar-refractivity contribution in [2.45, 2.75) is 30.0 Å². The summed E-state index contributed by atoms with van der Waals surface area (Å²) in [4.78, 5) is 0.886. The van der Waals surface area contributed by atoms with Gasteiger partial charge in [-0.05, 0) is 31.9 Å². The number of rotatable bonds is 3. The van der Waals surface area contributed by atoms with Crippen molar-refractivity contribution in [1.82, 2.24) is 4.31 Å². The van der Waals surface area contributed by atoms with Crippen molar-refractivity contribution >= 4 is 38.6 Å². The molecule has 17 heavy (non-hydrogen) atoms. The molecule has 2 N–H and O–H groups in total. The van der Waals surface area contributed by atoms with Crippen molar-refractivity contribution < 1.29 is 8.42 Å². The number of nitrogens with two attached hydrogens (primary N) is 1. The molecule has 1 aliphatic rings. The van der Waals surface area contributed by atoms with Crippen LogP contribution in [-0.2, 0) is 10.0 Å². The molecule has 1 aromatic rings. The first-order valence-electron chi connectivity index (χ1n) is 5.34. The van der Waals surface area contributed by atoms with Crippen LogP contribution in [0, 0.1) is 0 Å². The predicted molar refractivity (Wildman–Crippen MR) is 72.8 cm³/mol. The predicted octanol–water partition coefficient (Wildman–Crippen LogP) is 1.56. The Labute approximate surface area is 110 Å². The van der Waals surface area contributed by atoms with Gasteiger partial charge in [-0.25, -0.2) is 8.42 Å². The number of sulfonamides is 1. The number of hydrogen-bond donors (Lipinski definition) is 1. The molecule has 94 valence electrons. The number of nitrogens with zero attached hydrogens (tertiary/aromatic N) is 1. The molecule has 7 heteroatoms. The first kappa shape index (κ1) is 12.9. The average Bonchev–Trinajstić information content (AvgIpc) is 2.84. The molecule has 0 spiro atoms. The van der Waals surface area contributed by atoms with Crippen molar-refractivity contribution in [2.75, 3.05) is 6.54 Å². The average molecular weight is 290 g/mol. The monoisotopic (exact) mass is 290 g/mol. The molecule has 0 bridgehead atoms. The zero-order chi connectivity index (χ0) is 12.6. The number of thiophene rings is 1. The molecule has 1 aromatic heterocycles. The van der Waals surface area contributed by atoms with Crippen LogP contribution in [0.15, 0.2) is 16.3 Å². The largest absolute Gasteiger partial charge is 0.389 e. The Hall–Kier alpha value is -0.500. The summed E-state index contributed by atoms with van der Waals surface area (Å²) in [6.07, 6.45) is 1.85. The second kappa shape index (κ2) is 4.64. The van der Waals surface area contributed by atoms with E-state index >= 15 is 0 Å². The van der Waals surface area contributed by atoms with Crippen LogP contribution in [0.25, 0.3) is 0 Å². The summed E-state index contributed by atoms with van der Waals surface area (Å²) in [7, 11) is -3.36. The molecule has 0 amide bonds. The van der Waals surface area contributed by atoms with Crippen LogP contribution in [0.1, 0.15) is 24.6 Å². The van der Waals surface area contributed by atoms with Gasteiger partial charge in [0, 0.05) is 12.6 Å². The van der Waals surface area contributed by atoms with E-state index in [1.807, 2.05) is 6.92 Å². The molecule has 0 aliphatic carbocycles. The molecule has 1 aliphatic heterocycles. The molecule has 0 radical (unpaired) electrons. The molecule has 1 unspecified atom stereocenters. The zero-order valence-corrected chi connectivity index (χ0v) is 11.9. The lowest BCUT2D eigenvalue weighted by Crippen LogP contribution is -2.33. The molecule has 4 nitrogen and oxygen atoms in total. The van der Waals surface area contributed by atoms with E-state index in [-0.39, 0.29) is 11.0 Å². The van der Waals surface area contributed by atoms with E-state index in [1.54, 1.807) is 16.4 Å². The summed E-state index contributed by atoms with van der Waals surface area (Å²) in [6, 6.07) is 3.33. The van der Waals surface area contributed by atoms with Gasteiger partial charge in [-0.1, -0.05) is 12.2 Å². The van der Waals surface area contributed by atoms with Crippen LogP contribution in [0.3, 0.4) is 0 Å². The third kappa shape index (κ3) is 2.37. The van der Waals surface area contributed by atoms with E-state index in [0.29, 0.717) is 15.6 Å². The van der Waals surface area contributed by atoms with Crippen molar-refractivity contribution in [1.29, 1.82) is 0 Å². The van der Waals surface area contributed by atoms with Crippen molar-refractivity contribution in [3.05, 3.63) is 17.0 Å². The van der Waals surface area contributed by atoms with Gasteiger partial charge < -0.3 is 5.73 Å². The quantitative estimate of drug-likeness (QED) is 0.858. The Bertz CT molecular complexity index is 536. The highest BCUT2D eigenvalue weighted by molar-refractivity contribution is 7.91. The molecule has 1 atom stereocenters. The van der Waals surface area contributed by atoms with Gasteiger partial charge in [-0.2, -0.15) is 4.31 Å². The Kier molecular flexibility index (Phi) is 3.53. The van der Waals surface area contributed by atoms with Crippen LogP contribution in [0.5, 0.6) is 0 Å². The van der Waals surface area contributed by atoms with E-state index < -0.39 is 10.0 Å². The summed E-state index contributed by atoms with van der Waals surface area (Å²) in [5, 5.41) is 0. The van der Waals surface area contributed by atoms with Crippen LogP contribution >= 0.6 is 23.6 Å². The van der Waals surface area contributed by atoms with Gasteiger partial charge in [0.2, 0.25) is 0 Å². The highest BCUT2D eigenvalue weighted by Crippen LogP contribution is 2.29. The molecule has 2 rings (SSSR count). The fourth-order valence-electron chi connectivity index (χ4n) is 1.97. The summed E-state index contributed by atoms with van der Waals surface area (Å²) in [5.41, 5.74) is 5.48. The van der Waals surface area contributed by atoms with Gasteiger partial charge in [0.25, 0.3) is 10.0 Å². The van der Waals surface area contributed by atoms with Crippen LogP contribution in [0.2, 0.25) is 0 Å². The minimum atomic E-state index is -3.36. The van der Waals surface area contributed by atoms with Gasteiger partial charge in [-0.3, -0.25) is 0 Å². The first-order valence-corrected chi connectivity index (χ1v) is 8.01. The summed E-state index contributed by atoms with van der Waals surface area (Å²) in [5.74, 6) is 0. The molecule has 0 saturated carbocycles. The van der Waals surface area contributed by atoms with E-state index in [0.717, 1.165) is 24.2 Å². The summed E-state index contributed by atoms with van der Waals surface area (Å²) < 4.78 is 26.6. The lowest BCUT2D eigenvalue weighted by Gasteiger charge is -2.19. The summed E-state index contributed by atoms with van der Waals surface area (Å²) in [6.45, 7) is 2.54. The fraction of sp³-hybridized carbons (Fsp3) is 0.500. The van der Waals surface area contributed by atoms with Gasteiger partial charge in [-0.15, -0.1) is 11.3 Å². The number of hydrogen-bond acceptors (Lipinski definition) is 4. The SMILES string of the molecule is CC1CCCN1S(=O)(=O)c1ccc(C(N)=S)s1. The summed E-state index contributed by atoms with van der Waals surface area (Å²) >= 11 is 5.98. The third-order valence-electron chi connectivity index (χ3n) is 2.88. The van der Waals surface area contributed by atoms with Crippen LogP contribution < -0.4 is 5.73 Å². The maximum atomic E-state index is 12.3. The molecule has 1 saturated heterocycles. The second-order valence-corrected chi connectivity index (χ2v) is 7.73. The Morgan fingerprint density at radius 3 is 2.76 bits per heavy atom. The topological polar surface area (TPSA) is 63.4 Å². The Morgan fingerprint density at radius 1 is 1.59 bits per heavy atom. The Morgan fingerprint density at radius 2 is 2.29 bits per heavy atom. The van der Waals surface area contributed by atoms with Crippen molar-refractivity contribution in [3.8, 4) is 0 Å². The lowest BCUT2D eigenvalue weighted by atomic mass is 10.3. The van der Waals surface area contributed by atoms with Crippen LogP contribution in [0.4, 0.5) is 0 Å².